The van der Waals surface area contributed by atoms with Crippen molar-refractivity contribution in [2.24, 2.45) is 5.92 Å². The highest BCUT2D eigenvalue weighted by molar-refractivity contribution is 5.83. The van der Waals surface area contributed by atoms with E-state index < -0.39 is 0 Å². The highest BCUT2D eigenvalue weighted by Gasteiger charge is 2.27. The molecule has 6 heteroatoms. The zero-order chi connectivity index (χ0) is 18.8. The topological polar surface area (TPSA) is 68.1 Å². The number of aryl methyl sites for hydroxylation is 1. The van der Waals surface area contributed by atoms with Crippen LogP contribution in [0.25, 0.3) is 10.8 Å². The molecule has 1 unspecified atom stereocenters. The Morgan fingerprint density at radius 2 is 1.93 bits per heavy atom. The maximum atomic E-state index is 12.7. The highest BCUT2D eigenvalue weighted by Crippen LogP contribution is 2.20. The van der Waals surface area contributed by atoms with E-state index in [4.69, 9.17) is 0 Å². The quantitative estimate of drug-likeness (QED) is 0.713. The fourth-order valence-electron chi connectivity index (χ4n) is 3.78. The Kier molecular flexibility index (Phi) is 4.71. The van der Waals surface area contributed by atoms with Crippen LogP contribution in [-0.2, 0) is 17.8 Å². The molecule has 1 saturated heterocycles. The van der Waals surface area contributed by atoms with Crippen LogP contribution in [0.15, 0.2) is 53.5 Å². The van der Waals surface area contributed by atoms with Crippen LogP contribution in [0, 0.1) is 12.8 Å². The number of hydrogen-bond donors (Lipinski definition) is 0. The van der Waals surface area contributed by atoms with Crippen molar-refractivity contribution in [2.45, 2.75) is 26.3 Å². The number of aromatic nitrogens is 3. The number of pyridine rings is 1. The van der Waals surface area contributed by atoms with Crippen molar-refractivity contribution in [3.8, 4) is 0 Å². The first-order valence-corrected chi connectivity index (χ1v) is 9.26. The number of carbonyl (C=O) groups excluding carboxylic acids is 1. The Morgan fingerprint density at radius 3 is 2.70 bits per heavy atom. The lowest BCUT2D eigenvalue weighted by Gasteiger charge is -2.17. The smallest absolute Gasteiger partial charge is 0.275 e. The fourth-order valence-corrected chi connectivity index (χ4v) is 3.78. The SMILES string of the molecule is Cc1nn(CC(=O)N2CCC(Cc3ccccn3)C2)c(=O)c2ccccc12. The Bertz CT molecular complexity index is 1030. The average molecular weight is 362 g/mol. The van der Waals surface area contributed by atoms with Crippen LogP contribution in [0.3, 0.4) is 0 Å². The molecule has 3 heterocycles. The Morgan fingerprint density at radius 1 is 1.15 bits per heavy atom. The third-order valence-electron chi connectivity index (χ3n) is 5.20. The molecule has 1 aliphatic heterocycles. The van der Waals surface area contributed by atoms with E-state index in [1.165, 1.54) is 4.68 Å². The van der Waals surface area contributed by atoms with Gasteiger partial charge in [0.05, 0.1) is 11.1 Å². The maximum absolute atomic E-state index is 12.7. The van der Waals surface area contributed by atoms with E-state index in [9.17, 15) is 9.59 Å². The minimum Gasteiger partial charge on any atom is -0.341 e. The number of likely N-dealkylation sites (tertiary alicyclic amines) is 1. The van der Waals surface area contributed by atoms with E-state index in [-0.39, 0.29) is 18.0 Å². The second kappa shape index (κ2) is 7.31. The first-order chi connectivity index (χ1) is 13.1. The van der Waals surface area contributed by atoms with Crippen molar-refractivity contribution >= 4 is 16.7 Å². The van der Waals surface area contributed by atoms with Gasteiger partial charge in [-0.2, -0.15) is 5.10 Å². The molecule has 1 aliphatic rings. The predicted molar refractivity (Wildman–Crippen MR) is 103 cm³/mol. The number of fused-ring (bicyclic) bond motifs is 1. The number of benzene rings is 1. The molecule has 0 spiro atoms. The molecule has 1 aromatic carbocycles. The van der Waals surface area contributed by atoms with Gasteiger partial charge in [0.1, 0.15) is 6.54 Å². The molecule has 27 heavy (non-hydrogen) atoms. The molecule has 1 atom stereocenters. The normalized spacial score (nSPS) is 16.8. The third-order valence-corrected chi connectivity index (χ3v) is 5.20. The second-order valence-electron chi connectivity index (χ2n) is 7.11. The minimum absolute atomic E-state index is 0.0131. The average Bonchev–Trinajstić information content (AvgIpc) is 3.15. The summed E-state index contributed by atoms with van der Waals surface area (Å²) in [6.45, 7) is 3.27. The monoisotopic (exact) mass is 362 g/mol. The van der Waals surface area contributed by atoms with E-state index in [2.05, 4.69) is 10.1 Å². The highest BCUT2D eigenvalue weighted by atomic mass is 16.2. The molecular weight excluding hydrogens is 340 g/mol. The Labute approximate surface area is 157 Å². The molecule has 4 rings (SSSR count). The predicted octanol–water partition coefficient (Wildman–Crippen LogP) is 2.19. The van der Waals surface area contributed by atoms with Crippen molar-refractivity contribution in [3.63, 3.8) is 0 Å². The molecule has 2 aromatic heterocycles. The zero-order valence-corrected chi connectivity index (χ0v) is 15.3. The Balaban J connectivity index is 1.46. The van der Waals surface area contributed by atoms with Crippen LogP contribution in [0.1, 0.15) is 17.8 Å². The van der Waals surface area contributed by atoms with Gasteiger partial charge in [-0.05, 0) is 43.9 Å². The van der Waals surface area contributed by atoms with Crippen molar-refractivity contribution in [1.82, 2.24) is 19.7 Å². The van der Waals surface area contributed by atoms with Gasteiger partial charge in [0, 0.05) is 30.4 Å². The summed E-state index contributed by atoms with van der Waals surface area (Å²) >= 11 is 0. The number of amides is 1. The minimum atomic E-state index is -0.214. The van der Waals surface area contributed by atoms with Crippen LogP contribution in [0.2, 0.25) is 0 Å². The summed E-state index contributed by atoms with van der Waals surface area (Å²) in [7, 11) is 0. The first-order valence-electron chi connectivity index (χ1n) is 9.26. The molecule has 1 amide bonds. The summed E-state index contributed by atoms with van der Waals surface area (Å²) in [5.74, 6) is 0.356. The van der Waals surface area contributed by atoms with Crippen LogP contribution in [-0.4, -0.2) is 38.7 Å². The molecule has 3 aromatic rings. The van der Waals surface area contributed by atoms with E-state index in [0.717, 1.165) is 36.2 Å². The van der Waals surface area contributed by atoms with Gasteiger partial charge in [-0.1, -0.05) is 24.3 Å². The summed E-state index contributed by atoms with van der Waals surface area (Å²) in [6.07, 6.45) is 3.63. The van der Waals surface area contributed by atoms with Crippen LogP contribution < -0.4 is 5.56 Å². The van der Waals surface area contributed by atoms with Crippen molar-refractivity contribution in [3.05, 3.63) is 70.4 Å². The van der Waals surface area contributed by atoms with Gasteiger partial charge in [-0.25, -0.2) is 4.68 Å². The van der Waals surface area contributed by atoms with Crippen LogP contribution in [0.5, 0.6) is 0 Å². The number of nitrogens with zero attached hydrogens (tertiary/aromatic N) is 4. The van der Waals surface area contributed by atoms with Crippen molar-refractivity contribution in [2.75, 3.05) is 13.1 Å². The molecule has 138 valence electrons. The zero-order valence-electron chi connectivity index (χ0n) is 15.3. The summed E-state index contributed by atoms with van der Waals surface area (Å²) < 4.78 is 1.30. The number of carbonyl (C=O) groups is 1. The van der Waals surface area contributed by atoms with E-state index in [0.29, 0.717) is 17.8 Å². The standard InChI is InChI=1S/C21H22N4O2/c1-15-18-7-2-3-8-19(18)21(27)25(23-15)14-20(26)24-11-9-16(13-24)12-17-6-4-5-10-22-17/h2-8,10,16H,9,11-14H2,1H3. The fraction of sp³-hybridized carbons (Fsp3) is 0.333. The van der Waals surface area contributed by atoms with Gasteiger partial charge in [0.25, 0.3) is 5.56 Å². The summed E-state index contributed by atoms with van der Waals surface area (Å²) in [5.41, 5.74) is 1.60. The van der Waals surface area contributed by atoms with Gasteiger partial charge >= 0.3 is 0 Å². The summed E-state index contributed by atoms with van der Waals surface area (Å²) in [4.78, 5) is 31.6. The van der Waals surface area contributed by atoms with E-state index in [1.54, 1.807) is 12.3 Å². The van der Waals surface area contributed by atoms with Gasteiger partial charge in [-0.3, -0.25) is 14.6 Å². The lowest BCUT2D eigenvalue weighted by molar-refractivity contribution is -0.131. The molecule has 0 aliphatic carbocycles. The molecule has 0 radical (unpaired) electrons. The van der Waals surface area contributed by atoms with Crippen molar-refractivity contribution in [1.29, 1.82) is 0 Å². The molecule has 6 nitrogen and oxygen atoms in total. The van der Waals surface area contributed by atoms with E-state index in [1.807, 2.05) is 48.2 Å². The van der Waals surface area contributed by atoms with Gasteiger partial charge in [0.2, 0.25) is 5.91 Å². The summed E-state index contributed by atoms with van der Waals surface area (Å²) in [6, 6.07) is 13.3. The third kappa shape index (κ3) is 3.60. The molecule has 0 bridgehead atoms. The first kappa shape index (κ1) is 17.4. The van der Waals surface area contributed by atoms with Gasteiger partial charge in [0.15, 0.2) is 0 Å². The molecular formula is C21H22N4O2. The molecule has 0 N–H and O–H groups in total. The maximum Gasteiger partial charge on any atom is 0.275 e. The number of hydrogen-bond acceptors (Lipinski definition) is 4. The molecule has 1 fully saturated rings. The lowest BCUT2D eigenvalue weighted by Crippen LogP contribution is -2.36. The largest absolute Gasteiger partial charge is 0.341 e. The van der Waals surface area contributed by atoms with Gasteiger partial charge < -0.3 is 4.90 Å². The van der Waals surface area contributed by atoms with Crippen LogP contribution >= 0.6 is 0 Å². The van der Waals surface area contributed by atoms with E-state index >= 15 is 0 Å². The molecule has 0 saturated carbocycles. The summed E-state index contributed by atoms with van der Waals surface area (Å²) in [5, 5.41) is 5.79. The van der Waals surface area contributed by atoms with Crippen molar-refractivity contribution < 1.29 is 4.79 Å². The van der Waals surface area contributed by atoms with Crippen LogP contribution in [0.4, 0.5) is 0 Å². The van der Waals surface area contributed by atoms with Gasteiger partial charge in [-0.15, -0.1) is 0 Å². The second-order valence-corrected chi connectivity index (χ2v) is 7.11. The lowest BCUT2D eigenvalue weighted by atomic mass is 10.0. The Hall–Kier alpha value is -3.02. The number of rotatable bonds is 4.